The van der Waals surface area contributed by atoms with Gasteiger partial charge in [-0.15, -0.1) is 0 Å². The molecule has 8 heteroatoms. The van der Waals surface area contributed by atoms with Crippen LogP contribution in [0.3, 0.4) is 0 Å². The van der Waals surface area contributed by atoms with Gasteiger partial charge in [-0.1, -0.05) is 0 Å². The van der Waals surface area contributed by atoms with Crippen LogP contribution in [0.15, 0.2) is 24.3 Å². The molecule has 0 aliphatic rings. The van der Waals surface area contributed by atoms with Gasteiger partial charge in [0, 0.05) is 29.8 Å². The van der Waals surface area contributed by atoms with Gasteiger partial charge in [0.15, 0.2) is 0 Å². The summed E-state index contributed by atoms with van der Waals surface area (Å²) in [4.78, 5) is 23.6. The van der Waals surface area contributed by atoms with Crippen LogP contribution in [0.4, 0.5) is 5.69 Å². The van der Waals surface area contributed by atoms with Gasteiger partial charge >= 0.3 is 0 Å². The topological polar surface area (TPSA) is 104 Å². The minimum atomic E-state index is -3.30. The van der Waals surface area contributed by atoms with E-state index >= 15 is 0 Å². The predicted octanol–water partition coefficient (Wildman–Crippen LogP) is 1.09. The lowest BCUT2D eigenvalue weighted by Crippen LogP contribution is -2.40. The van der Waals surface area contributed by atoms with Crippen LogP contribution in [0.1, 0.15) is 37.6 Å². The van der Waals surface area contributed by atoms with Crippen molar-refractivity contribution in [3.8, 4) is 0 Å². The summed E-state index contributed by atoms with van der Waals surface area (Å²) in [5.74, 6) is -0.499. The molecule has 0 aliphatic carbocycles. The number of sulfonamides is 1. The molecule has 0 saturated heterocycles. The van der Waals surface area contributed by atoms with Crippen LogP contribution < -0.4 is 15.4 Å². The number of carbonyl (C=O) groups excluding carboxylic acids is 2. The van der Waals surface area contributed by atoms with Crippen molar-refractivity contribution in [2.24, 2.45) is 0 Å². The molecule has 0 aromatic heterocycles. The lowest BCUT2D eigenvalue weighted by Gasteiger charge is -2.20. The monoisotopic (exact) mass is 341 g/mol. The molecule has 0 radical (unpaired) electrons. The second-order valence-corrected chi connectivity index (χ2v) is 8.08. The highest BCUT2D eigenvalue weighted by Crippen LogP contribution is 2.11. The van der Waals surface area contributed by atoms with E-state index in [1.54, 1.807) is 24.3 Å². The SMILES string of the molecule is CC(C)(C)NC(=O)c1ccc(NC(=O)CCNS(C)(=O)=O)cc1. The molecule has 0 saturated carbocycles. The molecule has 0 unspecified atom stereocenters. The number of rotatable bonds is 6. The molecule has 2 amide bonds. The highest BCUT2D eigenvalue weighted by molar-refractivity contribution is 7.88. The molecule has 0 heterocycles. The number of benzene rings is 1. The number of hydrogen-bond donors (Lipinski definition) is 3. The van der Waals surface area contributed by atoms with Gasteiger partial charge in [0.2, 0.25) is 15.9 Å². The Kier molecular flexibility index (Phi) is 6.28. The highest BCUT2D eigenvalue weighted by Gasteiger charge is 2.15. The predicted molar refractivity (Wildman–Crippen MR) is 89.8 cm³/mol. The van der Waals surface area contributed by atoms with E-state index in [-0.39, 0.29) is 30.3 Å². The van der Waals surface area contributed by atoms with Gasteiger partial charge in [0.25, 0.3) is 5.91 Å². The van der Waals surface area contributed by atoms with E-state index in [1.165, 1.54) is 0 Å². The van der Waals surface area contributed by atoms with Gasteiger partial charge in [-0.25, -0.2) is 13.1 Å². The molecule has 0 fully saturated rings. The Hall–Kier alpha value is -1.93. The molecule has 0 spiro atoms. The first-order valence-electron chi connectivity index (χ1n) is 7.13. The Morgan fingerprint density at radius 2 is 1.65 bits per heavy atom. The fourth-order valence-corrected chi connectivity index (χ4v) is 2.16. The maximum Gasteiger partial charge on any atom is 0.251 e. The molecular weight excluding hydrogens is 318 g/mol. The number of amides is 2. The van der Waals surface area contributed by atoms with Crippen molar-refractivity contribution in [2.45, 2.75) is 32.7 Å². The Morgan fingerprint density at radius 3 is 2.13 bits per heavy atom. The number of anilines is 1. The zero-order chi connectivity index (χ0) is 17.7. The van der Waals surface area contributed by atoms with E-state index in [4.69, 9.17) is 0 Å². The van der Waals surface area contributed by atoms with Crippen LogP contribution in [0.5, 0.6) is 0 Å². The molecule has 0 bridgehead atoms. The first-order chi connectivity index (χ1) is 10.5. The largest absolute Gasteiger partial charge is 0.347 e. The summed E-state index contributed by atoms with van der Waals surface area (Å²) in [5.41, 5.74) is 0.717. The van der Waals surface area contributed by atoms with Gasteiger partial charge in [-0.2, -0.15) is 0 Å². The minimum absolute atomic E-state index is 0.0271. The third-order valence-corrected chi connectivity index (χ3v) is 3.36. The quantitative estimate of drug-likeness (QED) is 0.720. The van der Waals surface area contributed by atoms with Gasteiger partial charge in [-0.3, -0.25) is 9.59 Å². The second-order valence-electron chi connectivity index (χ2n) is 6.25. The fourth-order valence-electron chi connectivity index (χ4n) is 1.69. The summed E-state index contributed by atoms with van der Waals surface area (Å²) in [7, 11) is -3.30. The summed E-state index contributed by atoms with van der Waals surface area (Å²) in [5, 5.41) is 5.48. The lowest BCUT2D eigenvalue weighted by molar-refractivity contribution is -0.116. The zero-order valence-corrected chi connectivity index (χ0v) is 14.6. The van der Waals surface area contributed by atoms with Gasteiger partial charge in [0.1, 0.15) is 0 Å². The fraction of sp³-hybridized carbons (Fsp3) is 0.467. The van der Waals surface area contributed by atoms with Crippen LogP contribution in [0.25, 0.3) is 0 Å². The Balaban J connectivity index is 2.54. The molecule has 0 aliphatic heterocycles. The van der Waals surface area contributed by atoms with Crippen molar-refractivity contribution in [3.63, 3.8) is 0 Å². The number of nitrogens with one attached hydrogen (secondary N) is 3. The van der Waals surface area contributed by atoms with E-state index in [9.17, 15) is 18.0 Å². The first-order valence-corrected chi connectivity index (χ1v) is 9.02. The highest BCUT2D eigenvalue weighted by atomic mass is 32.2. The lowest BCUT2D eigenvalue weighted by atomic mass is 10.1. The Labute approximate surface area is 136 Å². The van der Waals surface area contributed by atoms with Crippen molar-refractivity contribution in [3.05, 3.63) is 29.8 Å². The third kappa shape index (κ3) is 8.32. The molecule has 23 heavy (non-hydrogen) atoms. The molecule has 1 aromatic carbocycles. The van der Waals surface area contributed by atoms with Gasteiger partial charge in [-0.05, 0) is 45.0 Å². The molecule has 128 valence electrons. The van der Waals surface area contributed by atoms with E-state index in [1.807, 2.05) is 20.8 Å². The Bertz CT molecular complexity index is 661. The number of carbonyl (C=O) groups is 2. The van der Waals surface area contributed by atoms with Crippen molar-refractivity contribution in [1.29, 1.82) is 0 Å². The molecule has 3 N–H and O–H groups in total. The van der Waals surface area contributed by atoms with Crippen molar-refractivity contribution >= 4 is 27.5 Å². The van der Waals surface area contributed by atoms with Crippen LogP contribution in [0.2, 0.25) is 0 Å². The summed E-state index contributed by atoms with van der Waals surface area (Å²) in [6.45, 7) is 5.72. The average Bonchev–Trinajstić information content (AvgIpc) is 2.35. The van der Waals surface area contributed by atoms with E-state index < -0.39 is 10.0 Å². The van der Waals surface area contributed by atoms with Crippen molar-refractivity contribution < 1.29 is 18.0 Å². The smallest absolute Gasteiger partial charge is 0.251 e. The Morgan fingerprint density at radius 1 is 1.09 bits per heavy atom. The van der Waals surface area contributed by atoms with Gasteiger partial charge in [0.05, 0.1) is 6.26 Å². The minimum Gasteiger partial charge on any atom is -0.347 e. The summed E-state index contributed by atoms with van der Waals surface area (Å²) >= 11 is 0. The van der Waals surface area contributed by atoms with Crippen LogP contribution >= 0.6 is 0 Å². The van der Waals surface area contributed by atoms with Crippen LogP contribution in [-0.4, -0.2) is 38.6 Å². The molecular formula is C15H23N3O4S. The normalized spacial score (nSPS) is 11.8. The van der Waals surface area contributed by atoms with Crippen molar-refractivity contribution in [2.75, 3.05) is 18.1 Å². The maximum atomic E-state index is 12.0. The third-order valence-electron chi connectivity index (χ3n) is 2.64. The van der Waals surface area contributed by atoms with E-state index in [0.29, 0.717) is 11.3 Å². The van der Waals surface area contributed by atoms with E-state index in [2.05, 4.69) is 15.4 Å². The van der Waals surface area contributed by atoms with Gasteiger partial charge < -0.3 is 10.6 Å². The van der Waals surface area contributed by atoms with Crippen LogP contribution in [-0.2, 0) is 14.8 Å². The first kappa shape index (κ1) is 19.1. The van der Waals surface area contributed by atoms with Crippen LogP contribution in [0, 0.1) is 0 Å². The second kappa shape index (κ2) is 7.56. The molecule has 0 atom stereocenters. The number of hydrogen-bond acceptors (Lipinski definition) is 4. The summed E-state index contributed by atoms with van der Waals surface area (Å²) in [6, 6.07) is 6.48. The maximum absolute atomic E-state index is 12.0. The summed E-state index contributed by atoms with van der Waals surface area (Å²) < 4.78 is 24.0. The molecule has 1 rings (SSSR count). The summed E-state index contributed by atoms with van der Waals surface area (Å²) in [6.07, 6.45) is 1.06. The molecule has 7 nitrogen and oxygen atoms in total. The average molecular weight is 341 g/mol. The van der Waals surface area contributed by atoms with Crippen molar-refractivity contribution in [1.82, 2.24) is 10.0 Å². The van der Waals surface area contributed by atoms with E-state index in [0.717, 1.165) is 6.26 Å². The molecule has 1 aromatic rings. The zero-order valence-electron chi connectivity index (χ0n) is 13.8. The standard InChI is InChI=1S/C15H23N3O4S/c1-15(2,3)18-14(20)11-5-7-12(8-6-11)17-13(19)9-10-16-23(4,21)22/h5-8,16H,9-10H2,1-4H3,(H,17,19)(H,18,20).